The van der Waals surface area contributed by atoms with Gasteiger partial charge in [-0.2, -0.15) is 0 Å². The van der Waals surface area contributed by atoms with E-state index in [2.05, 4.69) is 20.3 Å². The van der Waals surface area contributed by atoms with Crippen molar-refractivity contribution >= 4 is 25.2 Å². The van der Waals surface area contributed by atoms with E-state index in [1.165, 1.54) is 6.33 Å². The summed E-state index contributed by atoms with van der Waals surface area (Å²) in [6.07, 6.45) is 1.49. The number of hydrogen-bond acceptors (Lipinski definition) is 4. The highest BCUT2D eigenvalue weighted by Gasteiger charge is 1.96. The van der Waals surface area contributed by atoms with Crippen molar-refractivity contribution in [2.45, 2.75) is 0 Å². The molecule has 0 fully saturated rings. The monoisotopic (exact) mass is 184 g/mol. The zero-order valence-electron chi connectivity index (χ0n) is 7.81. The SMILES string of the molecule is Bc1ncnc(Nc2ccccc2)n1. The van der Waals surface area contributed by atoms with Gasteiger partial charge in [-0.15, -0.1) is 0 Å². The molecular weight excluding hydrogens is 175 g/mol. The number of nitrogens with one attached hydrogen (secondary N) is 1. The summed E-state index contributed by atoms with van der Waals surface area (Å²) in [5.41, 5.74) is 1.68. The minimum atomic E-state index is 0.573. The number of anilines is 2. The summed E-state index contributed by atoms with van der Waals surface area (Å²) in [5.74, 6) is 0.573. The van der Waals surface area contributed by atoms with Crippen LogP contribution in [0.5, 0.6) is 0 Å². The molecule has 4 nitrogen and oxygen atoms in total. The predicted molar refractivity (Wildman–Crippen MR) is 57.7 cm³/mol. The molecule has 2 rings (SSSR count). The molecule has 0 amide bonds. The van der Waals surface area contributed by atoms with Crippen LogP contribution in [0.1, 0.15) is 0 Å². The van der Waals surface area contributed by atoms with Gasteiger partial charge in [-0.1, -0.05) is 18.2 Å². The van der Waals surface area contributed by atoms with Gasteiger partial charge in [0.25, 0.3) is 0 Å². The zero-order valence-corrected chi connectivity index (χ0v) is 7.81. The fraction of sp³-hybridized carbons (Fsp3) is 0. The van der Waals surface area contributed by atoms with Crippen LogP contribution in [0.3, 0.4) is 0 Å². The van der Waals surface area contributed by atoms with Crippen LogP contribution < -0.4 is 11.0 Å². The molecule has 0 saturated carbocycles. The Labute approximate surface area is 82.8 Å². The molecule has 1 aromatic heterocycles. The number of rotatable bonds is 2. The summed E-state index contributed by atoms with van der Waals surface area (Å²) < 4.78 is 0. The zero-order chi connectivity index (χ0) is 9.80. The lowest BCUT2D eigenvalue weighted by molar-refractivity contribution is 1.09. The van der Waals surface area contributed by atoms with E-state index in [4.69, 9.17) is 0 Å². The molecule has 1 aromatic carbocycles. The first kappa shape index (κ1) is 8.68. The maximum Gasteiger partial charge on any atom is 0.229 e. The van der Waals surface area contributed by atoms with Gasteiger partial charge in [0.2, 0.25) is 5.95 Å². The maximum absolute atomic E-state index is 4.14. The first-order valence-corrected chi connectivity index (χ1v) is 4.32. The van der Waals surface area contributed by atoms with Crippen LogP contribution in [-0.2, 0) is 0 Å². The summed E-state index contributed by atoms with van der Waals surface area (Å²) in [7, 11) is 1.83. The highest BCUT2D eigenvalue weighted by molar-refractivity contribution is 6.28. The molecule has 68 valence electrons. The van der Waals surface area contributed by atoms with Crippen molar-refractivity contribution in [1.29, 1.82) is 0 Å². The van der Waals surface area contributed by atoms with Crippen molar-refractivity contribution in [2.75, 3.05) is 5.32 Å². The number of benzene rings is 1. The van der Waals surface area contributed by atoms with Crippen molar-refractivity contribution < 1.29 is 0 Å². The Kier molecular flexibility index (Phi) is 2.40. The molecule has 2 aromatic rings. The van der Waals surface area contributed by atoms with Gasteiger partial charge in [-0.3, -0.25) is 0 Å². The van der Waals surface area contributed by atoms with Crippen LogP contribution in [0.15, 0.2) is 36.7 Å². The third-order valence-electron chi connectivity index (χ3n) is 1.72. The lowest BCUT2D eigenvalue weighted by Crippen LogP contribution is -2.15. The van der Waals surface area contributed by atoms with E-state index in [1.807, 2.05) is 38.2 Å². The standard InChI is InChI=1S/C9H9BN4/c10-8-11-6-12-9(14-8)13-7-4-2-1-3-5-7/h1-6H,10H2,(H,11,12,13,14). The molecule has 0 atom stereocenters. The van der Waals surface area contributed by atoms with E-state index in [-0.39, 0.29) is 0 Å². The maximum atomic E-state index is 4.14. The molecule has 0 bridgehead atoms. The molecule has 14 heavy (non-hydrogen) atoms. The molecule has 0 aliphatic rings. The number of hydrogen-bond donors (Lipinski definition) is 1. The van der Waals surface area contributed by atoms with Gasteiger partial charge in [0, 0.05) is 5.69 Å². The Hall–Kier alpha value is -1.91. The highest BCUT2D eigenvalue weighted by Crippen LogP contribution is 2.09. The smallest absolute Gasteiger partial charge is 0.229 e. The lowest BCUT2D eigenvalue weighted by Gasteiger charge is -2.03. The lowest BCUT2D eigenvalue weighted by atomic mass is 10.1. The first-order valence-electron chi connectivity index (χ1n) is 4.32. The largest absolute Gasteiger partial charge is 0.324 e. The van der Waals surface area contributed by atoms with Crippen molar-refractivity contribution in [3.63, 3.8) is 0 Å². The minimum absolute atomic E-state index is 0.573. The van der Waals surface area contributed by atoms with E-state index in [1.54, 1.807) is 0 Å². The molecule has 0 radical (unpaired) electrons. The fourth-order valence-corrected chi connectivity index (χ4v) is 1.09. The van der Waals surface area contributed by atoms with Crippen LogP contribution >= 0.6 is 0 Å². The molecule has 1 heterocycles. The van der Waals surface area contributed by atoms with Crippen LogP contribution in [0.2, 0.25) is 0 Å². The van der Waals surface area contributed by atoms with E-state index in [0.29, 0.717) is 11.7 Å². The summed E-state index contributed by atoms with van der Waals surface area (Å²) in [6.45, 7) is 0. The Morgan fingerprint density at radius 2 is 1.86 bits per heavy atom. The van der Waals surface area contributed by atoms with E-state index in [9.17, 15) is 0 Å². The molecule has 5 heteroatoms. The van der Waals surface area contributed by atoms with Crippen molar-refractivity contribution in [2.24, 2.45) is 0 Å². The summed E-state index contributed by atoms with van der Waals surface area (Å²) in [5, 5.41) is 3.08. The molecule has 1 N–H and O–H groups in total. The van der Waals surface area contributed by atoms with E-state index in [0.717, 1.165) is 5.69 Å². The summed E-state index contributed by atoms with van der Waals surface area (Å²) >= 11 is 0. The van der Waals surface area contributed by atoms with Gasteiger partial charge in [0.15, 0.2) is 7.85 Å². The van der Waals surface area contributed by atoms with Gasteiger partial charge in [-0.25, -0.2) is 15.0 Å². The average molecular weight is 184 g/mol. The third-order valence-corrected chi connectivity index (χ3v) is 1.72. The normalized spacial score (nSPS) is 9.71. The Balaban J connectivity index is 2.19. The number of nitrogens with zero attached hydrogens (tertiary/aromatic N) is 3. The average Bonchev–Trinajstić information content (AvgIpc) is 2.19. The van der Waals surface area contributed by atoms with Gasteiger partial charge in [0.05, 0.1) is 5.72 Å². The quantitative estimate of drug-likeness (QED) is 0.660. The molecule has 0 aliphatic carbocycles. The second kappa shape index (κ2) is 3.87. The third kappa shape index (κ3) is 2.07. The van der Waals surface area contributed by atoms with Gasteiger partial charge < -0.3 is 5.32 Å². The van der Waals surface area contributed by atoms with E-state index < -0.39 is 0 Å². The second-order valence-corrected chi connectivity index (χ2v) is 2.85. The number of para-hydroxylation sites is 1. The van der Waals surface area contributed by atoms with Crippen LogP contribution in [-0.4, -0.2) is 22.8 Å². The highest BCUT2D eigenvalue weighted by atomic mass is 15.1. The summed E-state index contributed by atoms with van der Waals surface area (Å²) in [4.78, 5) is 12.1. The first-order chi connectivity index (χ1) is 6.84. The van der Waals surface area contributed by atoms with Crippen molar-refractivity contribution in [3.05, 3.63) is 36.7 Å². The predicted octanol–water partition coefficient (Wildman–Crippen LogP) is -0.126. The minimum Gasteiger partial charge on any atom is -0.324 e. The van der Waals surface area contributed by atoms with Crippen LogP contribution in [0, 0.1) is 0 Å². The van der Waals surface area contributed by atoms with Crippen LogP contribution in [0.4, 0.5) is 11.6 Å². The van der Waals surface area contributed by atoms with Gasteiger partial charge in [-0.05, 0) is 12.1 Å². The Bertz CT molecular complexity index is 418. The molecule has 0 spiro atoms. The molecule has 0 saturated heterocycles. The topological polar surface area (TPSA) is 50.7 Å². The van der Waals surface area contributed by atoms with Gasteiger partial charge in [0.1, 0.15) is 6.33 Å². The number of aromatic nitrogens is 3. The molecule has 0 unspecified atom stereocenters. The Morgan fingerprint density at radius 1 is 1.07 bits per heavy atom. The molecular formula is C9H9BN4. The summed E-state index contributed by atoms with van der Waals surface area (Å²) in [6, 6.07) is 9.79. The second-order valence-electron chi connectivity index (χ2n) is 2.85. The van der Waals surface area contributed by atoms with Crippen LogP contribution in [0.25, 0.3) is 0 Å². The van der Waals surface area contributed by atoms with Crippen molar-refractivity contribution in [1.82, 2.24) is 15.0 Å². The van der Waals surface area contributed by atoms with Crippen molar-refractivity contribution in [3.8, 4) is 0 Å². The van der Waals surface area contributed by atoms with E-state index >= 15 is 0 Å². The fourth-order valence-electron chi connectivity index (χ4n) is 1.09. The van der Waals surface area contributed by atoms with Gasteiger partial charge >= 0.3 is 0 Å². The molecule has 0 aliphatic heterocycles. The Morgan fingerprint density at radius 3 is 2.57 bits per heavy atom.